The van der Waals surface area contributed by atoms with Crippen molar-refractivity contribution in [2.45, 2.75) is 19.9 Å². The number of hydrogen-bond donors (Lipinski definition) is 1. The Morgan fingerprint density at radius 2 is 1.38 bits per heavy atom. The van der Waals surface area contributed by atoms with Crippen molar-refractivity contribution in [3.05, 3.63) is 119 Å². The van der Waals surface area contributed by atoms with Crippen LogP contribution < -0.4 is 5.32 Å². The predicted octanol–water partition coefficient (Wildman–Crippen LogP) is 5.01. The number of benzene rings is 3. The second kappa shape index (κ2) is 8.15. The molecule has 0 saturated carbocycles. The summed E-state index contributed by atoms with van der Waals surface area (Å²) in [4.78, 5) is 13.0. The molecule has 0 aliphatic rings. The Kier molecular flexibility index (Phi) is 5.25. The second-order valence-corrected chi connectivity index (χ2v) is 7.11. The molecule has 0 aliphatic carbocycles. The van der Waals surface area contributed by atoms with Gasteiger partial charge >= 0.3 is 0 Å². The van der Waals surface area contributed by atoms with E-state index in [1.54, 1.807) is 0 Å². The molecule has 0 radical (unpaired) electrons. The molecule has 29 heavy (non-hydrogen) atoms. The molecule has 1 amide bonds. The van der Waals surface area contributed by atoms with Gasteiger partial charge in [-0.15, -0.1) is 0 Å². The minimum atomic E-state index is -0.208. The van der Waals surface area contributed by atoms with Crippen LogP contribution in [0.2, 0.25) is 0 Å². The number of amides is 1. The van der Waals surface area contributed by atoms with Gasteiger partial charge in [-0.05, 0) is 55.3 Å². The minimum absolute atomic E-state index is 0.109. The predicted molar refractivity (Wildman–Crippen MR) is 115 cm³/mol. The van der Waals surface area contributed by atoms with Crippen molar-refractivity contribution < 1.29 is 4.79 Å². The van der Waals surface area contributed by atoms with Crippen LogP contribution >= 0.6 is 0 Å². The van der Waals surface area contributed by atoms with E-state index in [-0.39, 0.29) is 11.9 Å². The van der Waals surface area contributed by atoms with E-state index in [0.29, 0.717) is 5.56 Å². The highest BCUT2D eigenvalue weighted by Gasteiger charge is 2.17. The average Bonchev–Trinajstić information content (AvgIpc) is 3.11. The molecule has 0 bridgehead atoms. The summed E-state index contributed by atoms with van der Waals surface area (Å²) >= 11 is 0. The SMILES string of the molecule is Cc1cc(C)n(-c2ccc(C(=O)NC(c3ccccc3)c3ccccc3)cc2)n1. The summed E-state index contributed by atoms with van der Waals surface area (Å²) in [5, 5.41) is 7.68. The Morgan fingerprint density at radius 1 is 0.828 bits per heavy atom. The monoisotopic (exact) mass is 381 g/mol. The highest BCUT2D eigenvalue weighted by molar-refractivity contribution is 5.94. The van der Waals surface area contributed by atoms with Crippen LogP contribution in [-0.4, -0.2) is 15.7 Å². The largest absolute Gasteiger partial charge is 0.341 e. The molecule has 4 heteroatoms. The molecule has 0 fully saturated rings. The van der Waals surface area contributed by atoms with E-state index in [1.807, 2.05) is 110 Å². The summed E-state index contributed by atoms with van der Waals surface area (Å²) in [5.74, 6) is -0.109. The van der Waals surface area contributed by atoms with Gasteiger partial charge in [0.15, 0.2) is 0 Å². The molecule has 1 N–H and O–H groups in total. The fourth-order valence-corrected chi connectivity index (χ4v) is 3.51. The zero-order valence-electron chi connectivity index (χ0n) is 16.5. The summed E-state index contributed by atoms with van der Waals surface area (Å²) in [6.45, 7) is 3.99. The van der Waals surface area contributed by atoms with Crippen LogP contribution in [0.5, 0.6) is 0 Å². The van der Waals surface area contributed by atoms with Crippen molar-refractivity contribution in [2.75, 3.05) is 0 Å². The number of rotatable bonds is 5. The number of nitrogens with zero attached hydrogens (tertiary/aromatic N) is 2. The van der Waals surface area contributed by atoms with Crippen LogP contribution in [0.25, 0.3) is 5.69 Å². The van der Waals surface area contributed by atoms with Crippen LogP contribution in [0.15, 0.2) is 91.0 Å². The zero-order valence-corrected chi connectivity index (χ0v) is 16.5. The number of nitrogens with one attached hydrogen (secondary N) is 1. The lowest BCUT2D eigenvalue weighted by atomic mass is 9.98. The highest BCUT2D eigenvalue weighted by Crippen LogP contribution is 2.22. The van der Waals surface area contributed by atoms with Crippen molar-refractivity contribution in [3.63, 3.8) is 0 Å². The van der Waals surface area contributed by atoms with Gasteiger partial charge in [0, 0.05) is 11.3 Å². The maximum atomic E-state index is 13.0. The topological polar surface area (TPSA) is 46.9 Å². The zero-order chi connectivity index (χ0) is 20.2. The first kappa shape index (κ1) is 18.7. The number of hydrogen-bond acceptors (Lipinski definition) is 2. The van der Waals surface area contributed by atoms with E-state index in [9.17, 15) is 4.79 Å². The fraction of sp³-hybridized carbons (Fsp3) is 0.120. The molecule has 4 nitrogen and oxygen atoms in total. The van der Waals surface area contributed by atoms with Gasteiger partial charge in [0.2, 0.25) is 0 Å². The van der Waals surface area contributed by atoms with E-state index in [1.165, 1.54) is 0 Å². The maximum Gasteiger partial charge on any atom is 0.252 e. The van der Waals surface area contributed by atoms with Gasteiger partial charge < -0.3 is 5.32 Å². The summed E-state index contributed by atoms with van der Waals surface area (Å²) in [6, 6.07) is 29.4. The van der Waals surface area contributed by atoms with Gasteiger partial charge in [-0.25, -0.2) is 4.68 Å². The normalized spacial score (nSPS) is 10.9. The molecule has 0 atom stereocenters. The summed E-state index contributed by atoms with van der Waals surface area (Å²) in [5.41, 5.74) is 5.69. The molecule has 144 valence electrons. The smallest absolute Gasteiger partial charge is 0.252 e. The number of aromatic nitrogens is 2. The molecule has 0 aliphatic heterocycles. The molecular formula is C25H23N3O. The van der Waals surface area contributed by atoms with E-state index in [4.69, 9.17) is 0 Å². The number of carbonyl (C=O) groups is 1. The third-order valence-electron chi connectivity index (χ3n) is 4.92. The summed E-state index contributed by atoms with van der Waals surface area (Å²) < 4.78 is 1.88. The first-order valence-corrected chi connectivity index (χ1v) is 9.66. The quantitative estimate of drug-likeness (QED) is 0.528. The Labute approximate surface area is 170 Å². The fourth-order valence-electron chi connectivity index (χ4n) is 3.51. The molecule has 0 saturated heterocycles. The molecule has 1 heterocycles. The van der Waals surface area contributed by atoms with Gasteiger partial charge in [0.1, 0.15) is 0 Å². The van der Waals surface area contributed by atoms with Gasteiger partial charge in [0.05, 0.1) is 17.4 Å². The second-order valence-electron chi connectivity index (χ2n) is 7.11. The van der Waals surface area contributed by atoms with Gasteiger partial charge in [-0.3, -0.25) is 4.79 Å². The Morgan fingerprint density at radius 3 is 1.86 bits per heavy atom. The van der Waals surface area contributed by atoms with Crippen molar-refractivity contribution in [2.24, 2.45) is 0 Å². The third kappa shape index (κ3) is 4.11. The van der Waals surface area contributed by atoms with Crippen LogP contribution in [0, 0.1) is 13.8 Å². The Hall–Kier alpha value is -3.66. The lowest BCUT2D eigenvalue weighted by Gasteiger charge is -2.20. The summed E-state index contributed by atoms with van der Waals surface area (Å²) in [6.07, 6.45) is 0. The van der Waals surface area contributed by atoms with Crippen molar-refractivity contribution in [1.82, 2.24) is 15.1 Å². The Balaban J connectivity index is 1.59. The van der Waals surface area contributed by atoms with Crippen LogP contribution in [0.1, 0.15) is 38.9 Å². The van der Waals surface area contributed by atoms with Crippen LogP contribution in [0.4, 0.5) is 0 Å². The van der Waals surface area contributed by atoms with Crippen LogP contribution in [-0.2, 0) is 0 Å². The average molecular weight is 381 g/mol. The van der Waals surface area contributed by atoms with Crippen molar-refractivity contribution in [1.29, 1.82) is 0 Å². The third-order valence-corrected chi connectivity index (χ3v) is 4.92. The standard InChI is InChI=1S/C25H23N3O/c1-18-17-19(2)28(27-18)23-15-13-22(14-16-23)25(29)26-24(20-9-5-3-6-10-20)21-11-7-4-8-12-21/h3-17,24H,1-2H3,(H,26,29). The number of aryl methyl sites for hydroxylation is 2. The van der Waals surface area contributed by atoms with Gasteiger partial charge in [0.25, 0.3) is 5.91 Å². The first-order valence-electron chi connectivity index (χ1n) is 9.66. The van der Waals surface area contributed by atoms with Gasteiger partial charge in [-0.1, -0.05) is 60.7 Å². The molecule has 1 aromatic heterocycles. The molecule has 4 rings (SSSR count). The summed E-state index contributed by atoms with van der Waals surface area (Å²) in [7, 11) is 0. The van der Waals surface area contributed by atoms with E-state index < -0.39 is 0 Å². The Bertz CT molecular complexity index is 1060. The molecular weight excluding hydrogens is 358 g/mol. The molecule has 0 unspecified atom stereocenters. The van der Waals surface area contributed by atoms with E-state index >= 15 is 0 Å². The van der Waals surface area contributed by atoms with Crippen LogP contribution in [0.3, 0.4) is 0 Å². The van der Waals surface area contributed by atoms with Crippen molar-refractivity contribution >= 4 is 5.91 Å². The lowest BCUT2D eigenvalue weighted by Crippen LogP contribution is -2.29. The highest BCUT2D eigenvalue weighted by atomic mass is 16.1. The molecule has 3 aromatic carbocycles. The maximum absolute atomic E-state index is 13.0. The molecule has 0 spiro atoms. The first-order chi connectivity index (χ1) is 14.1. The van der Waals surface area contributed by atoms with Gasteiger partial charge in [-0.2, -0.15) is 5.10 Å². The molecule has 4 aromatic rings. The minimum Gasteiger partial charge on any atom is -0.341 e. The lowest BCUT2D eigenvalue weighted by molar-refractivity contribution is 0.0943. The van der Waals surface area contributed by atoms with E-state index in [2.05, 4.69) is 10.4 Å². The number of carbonyl (C=O) groups excluding carboxylic acids is 1. The van der Waals surface area contributed by atoms with Crippen molar-refractivity contribution in [3.8, 4) is 5.69 Å². The van der Waals surface area contributed by atoms with E-state index in [0.717, 1.165) is 28.2 Å².